The molecule has 0 aliphatic heterocycles. The van der Waals surface area contributed by atoms with E-state index in [2.05, 4.69) is 33.9 Å². The molecule has 120 valence electrons. The topological polar surface area (TPSA) is 95.1 Å². The minimum atomic E-state index is -0.512. The predicted molar refractivity (Wildman–Crippen MR) is 81.1 cm³/mol. The van der Waals surface area contributed by atoms with Crippen molar-refractivity contribution in [3.05, 3.63) is 20.8 Å². The van der Waals surface area contributed by atoms with Crippen LogP contribution in [0.15, 0.2) is 9.59 Å². The molecule has 0 aromatic carbocycles. The third-order valence-corrected chi connectivity index (χ3v) is 3.58. The van der Waals surface area contributed by atoms with Crippen LogP contribution in [0.4, 0.5) is 0 Å². The number of nitrogens with zero attached hydrogens (tertiary/aromatic N) is 6. The molecule has 22 heavy (non-hydrogen) atoms. The van der Waals surface area contributed by atoms with Crippen molar-refractivity contribution in [1.82, 2.24) is 29.2 Å². The molecule has 0 bridgehead atoms. The highest BCUT2D eigenvalue weighted by Crippen LogP contribution is 2.05. The summed E-state index contributed by atoms with van der Waals surface area (Å²) in [5, 5.41) is 7.70. The molecule has 0 unspecified atom stereocenters. The smallest absolute Gasteiger partial charge is 0.336 e. The molecule has 2 aromatic heterocycles. The maximum absolute atomic E-state index is 12.1. The third kappa shape index (κ3) is 2.98. The number of hydrogen-bond donors (Lipinski definition) is 0. The summed E-state index contributed by atoms with van der Waals surface area (Å²) in [6.45, 7) is 7.14. The zero-order valence-corrected chi connectivity index (χ0v) is 13.2. The van der Waals surface area contributed by atoms with Crippen molar-refractivity contribution < 1.29 is 4.74 Å². The number of ether oxygens (including phenoxy) is 1. The summed E-state index contributed by atoms with van der Waals surface area (Å²) < 4.78 is 7.67. The molecule has 0 saturated heterocycles. The highest BCUT2D eigenvalue weighted by atomic mass is 16.5. The fourth-order valence-corrected chi connectivity index (χ4v) is 2.10. The van der Waals surface area contributed by atoms with Gasteiger partial charge in [0.05, 0.1) is 0 Å². The van der Waals surface area contributed by atoms with Gasteiger partial charge in [-0.15, -0.1) is 5.10 Å². The molecule has 0 spiro atoms. The van der Waals surface area contributed by atoms with Gasteiger partial charge in [0.25, 0.3) is 5.56 Å². The quantitative estimate of drug-likeness (QED) is 0.685. The number of hydrogen-bond acceptors (Lipinski definition) is 7. The van der Waals surface area contributed by atoms with Crippen LogP contribution >= 0.6 is 0 Å². The Labute approximate surface area is 127 Å². The van der Waals surface area contributed by atoms with E-state index in [1.165, 1.54) is 18.7 Å². The van der Waals surface area contributed by atoms with Crippen LogP contribution in [0.2, 0.25) is 0 Å². The SMILES string of the molecule is CCN(CC)CCOc1nnc2c(n1)c(=O)n(C)c(=O)n2C. The van der Waals surface area contributed by atoms with Gasteiger partial charge in [0.2, 0.25) is 0 Å². The normalized spacial score (nSPS) is 11.3. The van der Waals surface area contributed by atoms with Crippen LogP contribution in [0.3, 0.4) is 0 Å². The van der Waals surface area contributed by atoms with Gasteiger partial charge in [0, 0.05) is 20.6 Å². The van der Waals surface area contributed by atoms with Crippen LogP contribution in [0.1, 0.15) is 13.8 Å². The van der Waals surface area contributed by atoms with Gasteiger partial charge in [0.15, 0.2) is 11.2 Å². The van der Waals surface area contributed by atoms with E-state index in [9.17, 15) is 9.59 Å². The number of likely N-dealkylation sites (N-methyl/N-ethyl adjacent to an activating group) is 1. The van der Waals surface area contributed by atoms with Gasteiger partial charge in [-0.1, -0.05) is 18.9 Å². The van der Waals surface area contributed by atoms with Gasteiger partial charge in [-0.2, -0.15) is 4.98 Å². The molecule has 9 heteroatoms. The first-order valence-corrected chi connectivity index (χ1v) is 7.15. The molecule has 0 fully saturated rings. The van der Waals surface area contributed by atoms with Gasteiger partial charge in [-0.3, -0.25) is 13.9 Å². The Morgan fingerprint density at radius 3 is 2.41 bits per heavy atom. The van der Waals surface area contributed by atoms with Crippen LogP contribution in [-0.2, 0) is 14.1 Å². The lowest BCUT2D eigenvalue weighted by molar-refractivity contribution is 0.211. The fourth-order valence-electron chi connectivity index (χ4n) is 2.10. The fraction of sp³-hybridized carbons (Fsp3) is 0.615. The summed E-state index contributed by atoms with van der Waals surface area (Å²) in [6.07, 6.45) is 0. The Morgan fingerprint density at radius 2 is 1.77 bits per heavy atom. The zero-order valence-electron chi connectivity index (χ0n) is 13.2. The summed E-state index contributed by atoms with van der Waals surface area (Å²) in [7, 11) is 2.91. The predicted octanol–water partition coefficient (Wildman–Crippen LogP) is -0.857. The Morgan fingerprint density at radius 1 is 1.09 bits per heavy atom. The van der Waals surface area contributed by atoms with Gasteiger partial charge in [-0.25, -0.2) is 4.79 Å². The van der Waals surface area contributed by atoms with E-state index < -0.39 is 11.2 Å². The first kappa shape index (κ1) is 16.1. The largest absolute Gasteiger partial charge is 0.461 e. The molecular weight excluding hydrogens is 288 g/mol. The van der Waals surface area contributed by atoms with E-state index >= 15 is 0 Å². The third-order valence-electron chi connectivity index (χ3n) is 3.58. The minimum Gasteiger partial charge on any atom is -0.461 e. The van der Waals surface area contributed by atoms with Crippen molar-refractivity contribution in [2.24, 2.45) is 14.1 Å². The number of aromatic nitrogens is 5. The molecule has 0 aliphatic rings. The van der Waals surface area contributed by atoms with E-state index in [0.29, 0.717) is 6.61 Å². The van der Waals surface area contributed by atoms with Gasteiger partial charge in [0.1, 0.15) is 6.61 Å². The molecule has 0 N–H and O–H groups in total. The average molecular weight is 308 g/mol. The molecule has 2 heterocycles. The maximum atomic E-state index is 12.1. The zero-order chi connectivity index (χ0) is 16.3. The second-order valence-corrected chi connectivity index (χ2v) is 4.85. The van der Waals surface area contributed by atoms with Crippen molar-refractivity contribution in [1.29, 1.82) is 0 Å². The van der Waals surface area contributed by atoms with Crippen molar-refractivity contribution in [2.45, 2.75) is 13.8 Å². The summed E-state index contributed by atoms with van der Waals surface area (Å²) in [5.41, 5.74) is -0.771. The monoisotopic (exact) mass is 308 g/mol. The molecule has 0 saturated carbocycles. The van der Waals surface area contributed by atoms with Crippen molar-refractivity contribution >= 4 is 11.2 Å². The average Bonchev–Trinajstić information content (AvgIpc) is 2.54. The minimum absolute atomic E-state index is 0.0374. The molecule has 9 nitrogen and oxygen atoms in total. The van der Waals surface area contributed by atoms with E-state index in [0.717, 1.165) is 24.2 Å². The van der Waals surface area contributed by atoms with Crippen molar-refractivity contribution in [3.8, 4) is 6.01 Å². The molecule has 2 rings (SSSR count). The Bertz CT molecular complexity index is 778. The first-order chi connectivity index (χ1) is 10.5. The first-order valence-electron chi connectivity index (χ1n) is 7.15. The van der Waals surface area contributed by atoms with Crippen LogP contribution in [-0.4, -0.2) is 55.5 Å². The highest BCUT2D eigenvalue weighted by molar-refractivity contribution is 5.67. The van der Waals surface area contributed by atoms with Crippen LogP contribution in [0.5, 0.6) is 6.01 Å². The lowest BCUT2D eigenvalue weighted by atomic mass is 10.5. The molecule has 0 aliphatic carbocycles. The Balaban J connectivity index is 2.28. The second-order valence-electron chi connectivity index (χ2n) is 4.85. The molecular formula is C13H20N6O3. The summed E-state index contributed by atoms with van der Waals surface area (Å²) >= 11 is 0. The van der Waals surface area contributed by atoms with E-state index in [1.54, 1.807) is 0 Å². The maximum Gasteiger partial charge on any atom is 0.336 e. The second kappa shape index (κ2) is 6.65. The van der Waals surface area contributed by atoms with Gasteiger partial charge in [-0.05, 0) is 13.1 Å². The molecule has 2 aromatic rings. The summed E-state index contributed by atoms with van der Waals surface area (Å²) in [5.74, 6) is 0. The number of aryl methyl sites for hydroxylation is 1. The van der Waals surface area contributed by atoms with Gasteiger partial charge < -0.3 is 9.64 Å². The molecule has 0 radical (unpaired) electrons. The number of fused-ring (bicyclic) bond motifs is 1. The van der Waals surface area contributed by atoms with Gasteiger partial charge >= 0.3 is 11.7 Å². The Kier molecular flexibility index (Phi) is 4.86. The Hall–Kier alpha value is -2.29. The molecule has 0 amide bonds. The highest BCUT2D eigenvalue weighted by Gasteiger charge is 2.13. The van der Waals surface area contributed by atoms with E-state index in [4.69, 9.17) is 4.74 Å². The molecule has 0 atom stereocenters. The van der Waals surface area contributed by atoms with E-state index in [1.807, 2.05) is 0 Å². The summed E-state index contributed by atoms with van der Waals surface area (Å²) in [4.78, 5) is 30.1. The van der Waals surface area contributed by atoms with Crippen molar-refractivity contribution in [3.63, 3.8) is 0 Å². The van der Waals surface area contributed by atoms with Crippen molar-refractivity contribution in [2.75, 3.05) is 26.2 Å². The van der Waals surface area contributed by atoms with Crippen LogP contribution in [0, 0.1) is 0 Å². The standard InChI is InChI=1S/C13H20N6O3/c1-5-19(6-2)7-8-22-12-14-9-10(15-16-12)17(3)13(21)18(4)11(9)20/h5-8H2,1-4H3. The summed E-state index contributed by atoms with van der Waals surface area (Å²) in [6, 6.07) is 0.0374. The van der Waals surface area contributed by atoms with Crippen LogP contribution in [0.25, 0.3) is 11.2 Å². The lowest BCUT2D eigenvalue weighted by Gasteiger charge is -2.17. The lowest BCUT2D eigenvalue weighted by Crippen LogP contribution is -2.38. The van der Waals surface area contributed by atoms with E-state index in [-0.39, 0.29) is 17.2 Å². The number of rotatable bonds is 6. The van der Waals surface area contributed by atoms with Crippen LogP contribution < -0.4 is 16.0 Å².